The molecular formula is C12H13F3N2OS. The number of carbonyl (C=O) groups is 1. The van der Waals surface area contributed by atoms with Crippen molar-refractivity contribution in [1.82, 2.24) is 5.32 Å². The van der Waals surface area contributed by atoms with E-state index in [-0.39, 0.29) is 24.1 Å². The summed E-state index contributed by atoms with van der Waals surface area (Å²) in [5.74, 6) is -0.647. The minimum absolute atomic E-state index is 0.0374. The van der Waals surface area contributed by atoms with Gasteiger partial charge in [0.1, 0.15) is 0 Å². The van der Waals surface area contributed by atoms with Crippen molar-refractivity contribution in [2.45, 2.75) is 5.51 Å². The number of hydrogen-bond donors (Lipinski definition) is 2. The number of alkyl halides is 3. The molecule has 0 aromatic heterocycles. The third kappa shape index (κ3) is 7.40. The Balaban J connectivity index is 2.31. The molecule has 0 unspecified atom stereocenters. The lowest BCUT2D eigenvalue weighted by Gasteiger charge is -2.05. The van der Waals surface area contributed by atoms with Gasteiger partial charge in [-0.05, 0) is 35.5 Å². The van der Waals surface area contributed by atoms with Crippen LogP contribution in [0.15, 0.2) is 30.3 Å². The largest absolute Gasteiger partial charge is 0.441 e. The maximum Gasteiger partial charge on any atom is 0.441 e. The number of nitrogen functional groups attached to an aromatic ring is 1. The highest BCUT2D eigenvalue weighted by molar-refractivity contribution is 8.00. The fraction of sp³-hybridized carbons (Fsp3) is 0.250. The second kappa shape index (κ2) is 7.08. The molecule has 1 rings (SSSR count). The summed E-state index contributed by atoms with van der Waals surface area (Å²) in [6.07, 6.45) is 2.80. The lowest BCUT2D eigenvalue weighted by Crippen LogP contribution is -2.24. The molecule has 3 N–H and O–H groups in total. The summed E-state index contributed by atoms with van der Waals surface area (Å²) in [5.41, 5.74) is 2.62. The first-order valence-corrected chi connectivity index (χ1v) is 6.37. The van der Waals surface area contributed by atoms with Crippen molar-refractivity contribution in [1.29, 1.82) is 0 Å². The summed E-state index contributed by atoms with van der Waals surface area (Å²) in [6, 6.07) is 6.90. The van der Waals surface area contributed by atoms with E-state index >= 15 is 0 Å². The molecule has 0 bridgehead atoms. The highest BCUT2D eigenvalue weighted by Gasteiger charge is 2.27. The number of nitrogens with one attached hydrogen (secondary N) is 1. The van der Waals surface area contributed by atoms with Crippen LogP contribution >= 0.6 is 11.8 Å². The van der Waals surface area contributed by atoms with Gasteiger partial charge in [0.2, 0.25) is 5.91 Å². The Morgan fingerprint density at radius 2 is 2.16 bits per heavy atom. The van der Waals surface area contributed by atoms with E-state index < -0.39 is 11.4 Å². The van der Waals surface area contributed by atoms with Crippen LogP contribution in [-0.4, -0.2) is 23.7 Å². The Morgan fingerprint density at radius 3 is 2.79 bits per heavy atom. The first-order chi connectivity index (χ1) is 8.87. The molecular weight excluding hydrogens is 277 g/mol. The Bertz CT molecular complexity index is 461. The van der Waals surface area contributed by atoms with Gasteiger partial charge in [0, 0.05) is 24.1 Å². The summed E-state index contributed by atoms with van der Waals surface area (Å²) in [5, 5.41) is 2.36. The van der Waals surface area contributed by atoms with Crippen molar-refractivity contribution in [2.24, 2.45) is 0 Å². The minimum Gasteiger partial charge on any atom is -0.399 e. The Kier molecular flexibility index (Phi) is 5.75. The number of halogens is 3. The zero-order valence-electron chi connectivity index (χ0n) is 9.91. The number of thioether (sulfide) groups is 1. The molecule has 0 radical (unpaired) electrons. The van der Waals surface area contributed by atoms with Crippen LogP contribution in [-0.2, 0) is 4.79 Å². The van der Waals surface area contributed by atoms with Crippen LogP contribution in [0.2, 0.25) is 0 Å². The van der Waals surface area contributed by atoms with E-state index in [1.54, 1.807) is 30.3 Å². The molecule has 0 saturated heterocycles. The molecule has 0 heterocycles. The fourth-order valence-corrected chi connectivity index (χ4v) is 1.67. The molecule has 3 nitrogen and oxygen atoms in total. The van der Waals surface area contributed by atoms with Crippen molar-refractivity contribution in [2.75, 3.05) is 18.0 Å². The normalized spacial score (nSPS) is 11.7. The van der Waals surface area contributed by atoms with Crippen LogP contribution in [0.4, 0.5) is 18.9 Å². The monoisotopic (exact) mass is 290 g/mol. The van der Waals surface area contributed by atoms with Crippen molar-refractivity contribution in [3.05, 3.63) is 35.9 Å². The zero-order valence-corrected chi connectivity index (χ0v) is 10.7. The van der Waals surface area contributed by atoms with Crippen LogP contribution in [0.3, 0.4) is 0 Å². The van der Waals surface area contributed by atoms with Gasteiger partial charge in [0.05, 0.1) is 0 Å². The second-order valence-electron chi connectivity index (χ2n) is 3.59. The number of rotatable bonds is 5. The second-order valence-corrected chi connectivity index (χ2v) is 4.75. The third-order valence-electron chi connectivity index (χ3n) is 2.00. The molecule has 1 amide bonds. The topological polar surface area (TPSA) is 55.1 Å². The van der Waals surface area contributed by atoms with Crippen molar-refractivity contribution >= 4 is 29.4 Å². The highest BCUT2D eigenvalue weighted by Crippen LogP contribution is 2.29. The summed E-state index contributed by atoms with van der Waals surface area (Å²) in [6.45, 7) is -0.0374. The molecule has 1 aromatic carbocycles. The molecule has 0 aliphatic heterocycles. The van der Waals surface area contributed by atoms with Gasteiger partial charge in [-0.15, -0.1) is 0 Å². The molecule has 0 spiro atoms. The summed E-state index contributed by atoms with van der Waals surface area (Å²) >= 11 is -0.163. The predicted molar refractivity (Wildman–Crippen MR) is 71.4 cm³/mol. The Morgan fingerprint density at radius 1 is 1.42 bits per heavy atom. The molecule has 0 fully saturated rings. The lowest BCUT2D eigenvalue weighted by molar-refractivity contribution is -0.116. The van der Waals surface area contributed by atoms with Gasteiger partial charge in [-0.3, -0.25) is 4.79 Å². The molecule has 0 aliphatic rings. The van der Waals surface area contributed by atoms with E-state index in [4.69, 9.17) is 5.73 Å². The molecule has 0 atom stereocenters. The molecule has 0 aliphatic carbocycles. The Hall–Kier alpha value is -1.63. The summed E-state index contributed by atoms with van der Waals surface area (Å²) < 4.78 is 35.4. The predicted octanol–water partition coefficient (Wildman–Crippen LogP) is 2.65. The van der Waals surface area contributed by atoms with Gasteiger partial charge in [-0.2, -0.15) is 13.2 Å². The molecule has 7 heteroatoms. The van der Waals surface area contributed by atoms with Crippen molar-refractivity contribution in [3.8, 4) is 0 Å². The number of benzene rings is 1. The van der Waals surface area contributed by atoms with Crippen molar-refractivity contribution in [3.63, 3.8) is 0 Å². The SMILES string of the molecule is Nc1cccc(/C=C/C(=O)NCCSC(F)(F)F)c1. The standard InChI is InChI=1S/C12H13F3N2OS/c13-12(14,15)19-7-6-17-11(18)5-4-9-2-1-3-10(16)8-9/h1-5,8H,6-7,16H2,(H,17,18)/b5-4+. The number of amides is 1. The lowest BCUT2D eigenvalue weighted by atomic mass is 10.2. The molecule has 104 valence electrons. The first kappa shape index (κ1) is 15.4. The van der Waals surface area contributed by atoms with E-state index in [1.165, 1.54) is 6.08 Å². The van der Waals surface area contributed by atoms with Crippen LogP contribution in [0.25, 0.3) is 6.08 Å². The average Bonchev–Trinajstić information content (AvgIpc) is 2.31. The van der Waals surface area contributed by atoms with Gasteiger partial charge in [0.25, 0.3) is 0 Å². The first-order valence-electron chi connectivity index (χ1n) is 5.39. The number of anilines is 1. The number of nitrogens with two attached hydrogens (primary N) is 1. The highest BCUT2D eigenvalue weighted by atomic mass is 32.2. The fourth-order valence-electron chi connectivity index (χ4n) is 1.23. The summed E-state index contributed by atoms with van der Waals surface area (Å²) in [4.78, 5) is 11.3. The van der Waals surface area contributed by atoms with Gasteiger partial charge < -0.3 is 11.1 Å². The number of carbonyl (C=O) groups excluding carboxylic acids is 1. The van der Waals surface area contributed by atoms with E-state index in [1.807, 2.05) is 0 Å². The van der Waals surface area contributed by atoms with E-state index in [2.05, 4.69) is 5.32 Å². The smallest absolute Gasteiger partial charge is 0.399 e. The van der Waals surface area contributed by atoms with Gasteiger partial charge in [-0.1, -0.05) is 12.1 Å². The quantitative estimate of drug-likeness (QED) is 0.498. The van der Waals surface area contributed by atoms with Gasteiger partial charge in [-0.25, -0.2) is 0 Å². The molecule has 0 saturated carbocycles. The maximum absolute atomic E-state index is 11.8. The zero-order chi connectivity index (χ0) is 14.3. The minimum atomic E-state index is -4.26. The van der Waals surface area contributed by atoms with E-state index in [0.29, 0.717) is 5.69 Å². The van der Waals surface area contributed by atoms with E-state index in [0.717, 1.165) is 5.56 Å². The van der Waals surface area contributed by atoms with Gasteiger partial charge >= 0.3 is 5.51 Å². The third-order valence-corrected chi connectivity index (χ3v) is 2.74. The molecule has 1 aromatic rings. The van der Waals surface area contributed by atoms with Crippen LogP contribution in [0.1, 0.15) is 5.56 Å². The summed E-state index contributed by atoms with van der Waals surface area (Å²) in [7, 11) is 0. The average molecular weight is 290 g/mol. The van der Waals surface area contributed by atoms with Crippen LogP contribution in [0, 0.1) is 0 Å². The van der Waals surface area contributed by atoms with Crippen LogP contribution < -0.4 is 11.1 Å². The van der Waals surface area contributed by atoms with Crippen LogP contribution in [0.5, 0.6) is 0 Å². The Labute approximate surface area is 113 Å². The van der Waals surface area contributed by atoms with E-state index in [9.17, 15) is 18.0 Å². The van der Waals surface area contributed by atoms with Gasteiger partial charge in [0.15, 0.2) is 0 Å². The van der Waals surface area contributed by atoms with Crippen molar-refractivity contribution < 1.29 is 18.0 Å². The number of hydrogen-bond acceptors (Lipinski definition) is 3. The maximum atomic E-state index is 11.8. The molecule has 19 heavy (non-hydrogen) atoms.